The average molecular weight is 349 g/mol. The number of carbonyl (C=O) groups is 1. The Morgan fingerprint density at radius 1 is 1.40 bits per heavy atom. The molecule has 1 fully saturated rings. The largest absolute Gasteiger partial charge is 0.490 e. The van der Waals surface area contributed by atoms with Crippen LogP contribution in [0.25, 0.3) is 0 Å². The quantitative estimate of drug-likeness (QED) is 0.399. The van der Waals surface area contributed by atoms with Crippen molar-refractivity contribution in [1.29, 1.82) is 0 Å². The van der Waals surface area contributed by atoms with Gasteiger partial charge in [-0.1, -0.05) is 0 Å². The van der Waals surface area contributed by atoms with E-state index in [2.05, 4.69) is 10.2 Å². The summed E-state index contributed by atoms with van der Waals surface area (Å²) in [6.07, 6.45) is 2.07. The Kier molecular flexibility index (Phi) is 4.78. The van der Waals surface area contributed by atoms with Crippen molar-refractivity contribution in [2.75, 3.05) is 13.7 Å². The Hall–Kier alpha value is -3.17. The van der Waals surface area contributed by atoms with E-state index >= 15 is 0 Å². The Labute approximate surface area is 141 Å². The highest BCUT2D eigenvalue weighted by Crippen LogP contribution is 2.39. The fourth-order valence-electron chi connectivity index (χ4n) is 2.04. The first-order valence-corrected chi connectivity index (χ1v) is 7.50. The standard InChI is InChI=1S/C15H15N3O7/c1-22-12-6-10(4-5-11(12)18(20)21)23-8-14(19)24-7-13-16-17-15(25-13)9-2-3-9/h4-6,9H,2-3,7-8H2,1H3. The van der Waals surface area contributed by atoms with Crippen LogP contribution in [0.3, 0.4) is 0 Å². The lowest BCUT2D eigenvalue weighted by Gasteiger charge is -2.07. The van der Waals surface area contributed by atoms with E-state index in [0.717, 1.165) is 12.8 Å². The van der Waals surface area contributed by atoms with E-state index in [9.17, 15) is 14.9 Å². The Bertz CT molecular complexity index is 785. The van der Waals surface area contributed by atoms with E-state index in [1.807, 2.05) is 0 Å². The molecule has 0 amide bonds. The smallest absolute Gasteiger partial charge is 0.344 e. The van der Waals surface area contributed by atoms with E-state index in [-0.39, 0.29) is 36.3 Å². The van der Waals surface area contributed by atoms with Crippen molar-refractivity contribution in [3.8, 4) is 11.5 Å². The van der Waals surface area contributed by atoms with Crippen LogP contribution in [0.4, 0.5) is 5.69 Å². The normalized spacial score (nSPS) is 13.3. The first kappa shape index (κ1) is 16.7. The highest BCUT2D eigenvalue weighted by molar-refractivity contribution is 5.71. The maximum atomic E-state index is 11.7. The summed E-state index contributed by atoms with van der Waals surface area (Å²) in [4.78, 5) is 21.9. The molecular formula is C15H15N3O7. The molecule has 10 heteroatoms. The van der Waals surface area contributed by atoms with Gasteiger partial charge in [0.25, 0.3) is 5.89 Å². The Morgan fingerprint density at radius 2 is 2.20 bits per heavy atom. The summed E-state index contributed by atoms with van der Waals surface area (Å²) in [5.41, 5.74) is -0.194. The van der Waals surface area contributed by atoms with Gasteiger partial charge in [-0.25, -0.2) is 4.79 Å². The van der Waals surface area contributed by atoms with Gasteiger partial charge in [0, 0.05) is 18.1 Å². The summed E-state index contributed by atoms with van der Waals surface area (Å²) in [7, 11) is 1.31. The number of ether oxygens (including phenoxy) is 3. The second-order valence-corrected chi connectivity index (χ2v) is 5.35. The first-order valence-electron chi connectivity index (χ1n) is 7.50. The van der Waals surface area contributed by atoms with Crippen LogP contribution in [0.2, 0.25) is 0 Å². The third-order valence-corrected chi connectivity index (χ3v) is 3.47. The van der Waals surface area contributed by atoms with Crippen molar-refractivity contribution < 1.29 is 28.3 Å². The number of nitro groups is 1. The number of methoxy groups -OCH3 is 1. The molecule has 3 rings (SSSR count). The molecule has 1 aliphatic carbocycles. The van der Waals surface area contributed by atoms with Crippen molar-refractivity contribution in [3.63, 3.8) is 0 Å². The maximum Gasteiger partial charge on any atom is 0.344 e. The number of hydrogen-bond donors (Lipinski definition) is 0. The van der Waals surface area contributed by atoms with Gasteiger partial charge in [0.05, 0.1) is 12.0 Å². The maximum absolute atomic E-state index is 11.7. The summed E-state index contributed by atoms with van der Waals surface area (Å²) in [6.45, 7) is -0.504. The number of hydrogen-bond acceptors (Lipinski definition) is 9. The average Bonchev–Trinajstić information content (AvgIpc) is 3.36. The van der Waals surface area contributed by atoms with Gasteiger partial charge in [0.15, 0.2) is 13.2 Å². The molecule has 1 heterocycles. The highest BCUT2D eigenvalue weighted by atomic mass is 16.6. The van der Waals surface area contributed by atoms with Crippen LogP contribution in [0.1, 0.15) is 30.5 Å². The van der Waals surface area contributed by atoms with Crippen LogP contribution in [0.15, 0.2) is 22.6 Å². The lowest BCUT2D eigenvalue weighted by atomic mass is 10.3. The highest BCUT2D eigenvalue weighted by Gasteiger charge is 2.29. The van der Waals surface area contributed by atoms with Crippen LogP contribution in [0, 0.1) is 10.1 Å². The summed E-state index contributed by atoms with van der Waals surface area (Å²) in [6, 6.07) is 3.93. The number of esters is 1. The zero-order valence-corrected chi connectivity index (χ0v) is 13.3. The SMILES string of the molecule is COc1cc(OCC(=O)OCc2nnc(C3CC3)o2)ccc1[N+](=O)[O-]. The third-order valence-electron chi connectivity index (χ3n) is 3.47. The van der Waals surface area contributed by atoms with Crippen molar-refractivity contribution >= 4 is 11.7 Å². The molecule has 1 aromatic carbocycles. The molecule has 0 unspecified atom stereocenters. The molecule has 132 valence electrons. The van der Waals surface area contributed by atoms with Crippen LogP contribution < -0.4 is 9.47 Å². The lowest BCUT2D eigenvalue weighted by molar-refractivity contribution is -0.385. The molecule has 1 saturated carbocycles. The topological polar surface area (TPSA) is 127 Å². The van der Waals surface area contributed by atoms with Crippen molar-refractivity contribution in [3.05, 3.63) is 40.1 Å². The van der Waals surface area contributed by atoms with Gasteiger partial charge < -0.3 is 18.6 Å². The van der Waals surface area contributed by atoms with E-state index < -0.39 is 10.9 Å². The molecule has 0 atom stereocenters. The van der Waals surface area contributed by atoms with Gasteiger partial charge in [0.2, 0.25) is 11.6 Å². The van der Waals surface area contributed by atoms with Crippen molar-refractivity contribution in [1.82, 2.24) is 10.2 Å². The molecule has 1 aromatic heterocycles. The fourth-order valence-corrected chi connectivity index (χ4v) is 2.04. The first-order chi connectivity index (χ1) is 12.1. The summed E-state index contributed by atoms with van der Waals surface area (Å²) in [5, 5.41) is 18.5. The summed E-state index contributed by atoms with van der Waals surface area (Å²) < 4.78 is 20.5. The van der Waals surface area contributed by atoms with Gasteiger partial charge >= 0.3 is 11.7 Å². The van der Waals surface area contributed by atoms with Crippen LogP contribution in [-0.4, -0.2) is 34.8 Å². The number of rotatable bonds is 8. The predicted molar refractivity (Wildman–Crippen MR) is 81.2 cm³/mol. The predicted octanol–water partition coefficient (Wildman–Crippen LogP) is 1.99. The molecular weight excluding hydrogens is 334 g/mol. The number of nitrogens with zero attached hydrogens (tertiary/aromatic N) is 3. The zero-order valence-electron chi connectivity index (χ0n) is 13.3. The zero-order chi connectivity index (χ0) is 17.8. The Morgan fingerprint density at radius 3 is 2.88 bits per heavy atom. The van der Waals surface area contributed by atoms with Crippen LogP contribution in [0.5, 0.6) is 11.5 Å². The number of carbonyl (C=O) groups excluding carboxylic acids is 1. The molecule has 0 aliphatic heterocycles. The van der Waals surface area contributed by atoms with Gasteiger partial charge in [-0.05, 0) is 18.9 Å². The molecule has 0 saturated heterocycles. The molecule has 0 N–H and O–H groups in total. The third kappa shape index (κ3) is 4.22. The minimum absolute atomic E-state index is 0.0364. The molecule has 0 spiro atoms. The minimum Gasteiger partial charge on any atom is -0.490 e. The molecule has 0 radical (unpaired) electrons. The molecule has 1 aliphatic rings. The van der Waals surface area contributed by atoms with Gasteiger partial charge in [0.1, 0.15) is 5.75 Å². The second kappa shape index (κ2) is 7.16. The van der Waals surface area contributed by atoms with Gasteiger partial charge in [-0.15, -0.1) is 10.2 Å². The number of aromatic nitrogens is 2. The van der Waals surface area contributed by atoms with Crippen LogP contribution >= 0.6 is 0 Å². The van der Waals surface area contributed by atoms with Gasteiger partial charge in [-0.2, -0.15) is 0 Å². The van der Waals surface area contributed by atoms with Crippen molar-refractivity contribution in [2.45, 2.75) is 25.4 Å². The fraction of sp³-hybridized carbons (Fsp3) is 0.400. The number of benzene rings is 1. The molecule has 10 nitrogen and oxygen atoms in total. The van der Waals surface area contributed by atoms with E-state index in [1.165, 1.54) is 25.3 Å². The van der Waals surface area contributed by atoms with Crippen molar-refractivity contribution in [2.24, 2.45) is 0 Å². The molecule has 25 heavy (non-hydrogen) atoms. The lowest BCUT2D eigenvalue weighted by Crippen LogP contribution is -2.15. The van der Waals surface area contributed by atoms with E-state index in [0.29, 0.717) is 11.8 Å². The van der Waals surface area contributed by atoms with E-state index in [4.69, 9.17) is 18.6 Å². The monoisotopic (exact) mass is 349 g/mol. The number of nitro benzene ring substituents is 1. The van der Waals surface area contributed by atoms with Crippen LogP contribution in [-0.2, 0) is 16.1 Å². The van der Waals surface area contributed by atoms with E-state index in [1.54, 1.807) is 0 Å². The minimum atomic E-state index is -0.636. The second-order valence-electron chi connectivity index (χ2n) is 5.35. The van der Waals surface area contributed by atoms with Gasteiger partial charge in [-0.3, -0.25) is 10.1 Å². The Balaban J connectivity index is 1.48. The molecule has 2 aromatic rings. The summed E-state index contributed by atoms with van der Waals surface area (Å²) in [5.74, 6) is 0.774. The molecule has 0 bridgehead atoms. The summed E-state index contributed by atoms with van der Waals surface area (Å²) >= 11 is 0.